The molecule has 0 amide bonds. The molecule has 2 aromatic carbocycles. The van der Waals surface area contributed by atoms with Crippen molar-refractivity contribution in [2.24, 2.45) is 5.92 Å². The average Bonchev–Trinajstić information content (AvgIpc) is 2.85. The Morgan fingerprint density at radius 2 is 1.71 bits per heavy atom. The van der Waals surface area contributed by atoms with E-state index in [9.17, 15) is 14.4 Å². The second-order valence-corrected chi connectivity index (χ2v) is 8.67. The molecule has 1 heterocycles. The topological polar surface area (TPSA) is 104 Å². The molecule has 1 aromatic heterocycles. The fourth-order valence-corrected chi connectivity index (χ4v) is 3.43. The minimum absolute atomic E-state index is 0.0764. The maximum atomic E-state index is 13.4. The van der Waals surface area contributed by atoms with E-state index in [4.69, 9.17) is 21.1 Å². The number of nitrogens with one attached hydrogen (secondary N) is 1. The van der Waals surface area contributed by atoms with Gasteiger partial charge in [-0.1, -0.05) is 37.6 Å². The molecule has 2 atom stereocenters. The minimum atomic E-state index is -0.766. The second-order valence-electron chi connectivity index (χ2n) is 8.23. The fraction of sp³-hybridized carbons (Fsp3) is 0.360. The number of benzene rings is 2. The minimum Gasteiger partial charge on any atom is -0.491 e. The number of anilines is 2. The highest BCUT2D eigenvalue weighted by molar-refractivity contribution is 6.30. The van der Waals surface area contributed by atoms with E-state index in [1.165, 1.54) is 11.7 Å². The summed E-state index contributed by atoms with van der Waals surface area (Å²) in [5, 5.41) is 3.62. The summed E-state index contributed by atoms with van der Waals surface area (Å²) in [4.78, 5) is 42.1. The summed E-state index contributed by atoms with van der Waals surface area (Å²) >= 11 is 5.99. The summed E-state index contributed by atoms with van der Waals surface area (Å²) < 4.78 is 12.8. The van der Waals surface area contributed by atoms with Crippen LogP contribution in [0.4, 0.5) is 11.6 Å². The van der Waals surface area contributed by atoms with E-state index < -0.39 is 23.3 Å². The maximum absolute atomic E-state index is 13.4. The van der Waals surface area contributed by atoms with Crippen molar-refractivity contribution < 1.29 is 14.3 Å². The van der Waals surface area contributed by atoms with Gasteiger partial charge in [0.1, 0.15) is 5.75 Å². The Morgan fingerprint density at radius 1 is 1.06 bits per heavy atom. The molecular formula is C25H29ClN4O5. The van der Waals surface area contributed by atoms with E-state index in [0.717, 1.165) is 16.6 Å². The number of hydrogen-bond donors (Lipinski definition) is 1. The van der Waals surface area contributed by atoms with Crippen molar-refractivity contribution in [3.8, 4) is 5.75 Å². The lowest BCUT2D eigenvalue weighted by molar-refractivity contribution is -0.145. The lowest BCUT2D eigenvalue weighted by atomic mass is 10.2. The van der Waals surface area contributed by atoms with Gasteiger partial charge in [-0.15, -0.1) is 0 Å². The van der Waals surface area contributed by atoms with Gasteiger partial charge >= 0.3 is 17.3 Å². The third kappa shape index (κ3) is 6.73. The van der Waals surface area contributed by atoms with Gasteiger partial charge in [0, 0.05) is 17.3 Å². The van der Waals surface area contributed by atoms with Crippen molar-refractivity contribution in [2.45, 2.75) is 46.4 Å². The zero-order valence-corrected chi connectivity index (χ0v) is 20.9. The van der Waals surface area contributed by atoms with Gasteiger partial charge in [0.2, 0.25) is 5.95 Å². The molecule has 0 fully saturated rings. The number of carbonyl (C=O) groups is 1. The van der Waals surface area contributed by atoms with Gasteiger partial charge in [0.15, 0.2) is 0 Å². The Bertz CT molecular complexity index is 1270. The molecule has 0 bridgehead atoms. The lowest BCUT2D eigenvalue weighted by Gasteiger charge is -2.17. The van der Waals surface area contributed by atoms with Crippen LogP contribution >= 0.6 is 11.6 Å². The van der Waals surface area contributed by atoms with Crippen molar-refractivity contribution in [3.05, 3.63) is 80.1 Å². The third-order valence-corrected chi connectivity index (χ3v) is 5.74. The van der Waals surface area contributed by atoms with Gasteiger partial charge in [-0.3, -0.25) is 9.36 Å². The molecule has 9 nitrogen and oxygen atoms in total. The molecule has 35 heavy (non-hydrogen) atoms. The van der Waals surface area contributed by atoms with Crippen molar-refractivity contribution in [2.75, 3.05) is 12.4 Å². The predicted molar refractivity (Wildman–Crippen MR) is 135 cm³/mol. The molecule has 0 saturated carbocycles. The zero-order chi connectivity index (χ0) is 25.5. The standard InChI is InChI=1S/C25H29ClN4O5/c1-5-17(3)35-21-12-10-20(11-13-21)27-23-28-24(32)30(14-16(2)22(31)34-4)25(33)29(23)15-18-6-8-19(26)9-7-18/h6-13,16-17H,5,14-15H2,1-4H3,(H,27,28,32)/t16-,17-/m0/s1. The molecule has 10 heteroatoms. The number of rotatable bonds is 10. The van der Waals surface area contributed by atoms with Crippen LogP contribution in [0.25, 0.3) is 0 Å². The molecular weight excluding hydrogens is 472 g/mol. The molecule has 3 aromatic rings. The Labute approximate surface area is 208 Å². The van der Waals surface area contributed by atoms with Crippen LogP contribution < -0.4 is 21.4 Å². The van der Waals surface area contributed by atoms with Gasteiger partial charge in [-0.05, 0) is 55.3 Å². The third-order valence-electron chi connectivity index (χ3n) is 5.49. The number of halogens is 1. The molecule has 0 radical (unpaired) electrons. The maximum Gasteiger partial charge on any atom is 0.354 e. The Kier molecular flexibility index (Phi) is 8.70. The van der Waals surface area contributed by atoms with Crippen LogP contribution in [-0.4, -0.2) is 33.3 Å². The van der Waals surface area contributed by atoms with Crippen molar-refractivity contribution >= 4 is 29.2 Å². The van der Waals surface area contributed by atoms with E-state index in [2.05, 4.69) is 10.3 Å². The largest absolute Gasteiger partial charge is 0.491 e. The van der Waals surface area contributed by atoms with Gasteiger partial charge < -0.3 is 14.8 Å². The molecule has 0 aliphatic heterocycles. The van der Waals surface area contributed by atoms with Gasteiger partial charge in [-0.2, -0.15) is 4.98 Å². The number of aromatic nitrogens is 3. The molecule has 0 saturated heterocycles. The number of hydrogen-bond acceptors (Lipinski definition) is 7. The molecule has 0 spiro atoms. The highest BCUT2D eigenvalue weighted by Gasteiger charge is 2.20. The van der Waals surface area contributed by atoms with Gasteiger partial charge in [0.05, 0.1) is 25.7 Å². The summed E-state index contributed by atoms with van der Waals surface area (Å²) in [7, 11) is 1.25. The highest BCUT2D eigenvalue weighted by Crippen LogP contribution is 2.20. The van der Waals surface area contributed by atoms with Gasteiger partial charge in [0.25, 0.3) is 0 Å². The van der Waals surface area contributed by atoms with E-state index >= 15 is 0 Å². The Morgan fingerprint density at radius 3 is 2.31 bits per heavy atom. The molecule has 0 aliphatic rings. The molecule has 3 rings (SSSR count). The van der Waals surface area contributed by atoms with Crippen molar-refractivity contribution in [1.82, 2.24) is 14.1 Å². The van der Waals surface area contributed by atoms with Gasteiger partial charge in [-0.25, -0.2) is 14.2 Å². The van der Waals surface area contributed by atoms with Crippen LogP contribution in [-0.2, 0) is 22.6 Å². The van der Waals surface area contributed by atoms with E-state index in [-0.39, 0.29) is 25.1 Å². The van der Waals surface area contributed by atoms with E-state index in [1.54, 1.807) is 55.5 Å². The van der Waals surface area contributed by atoms with Crippen LogP contribution in [0.5, 0.6) is 5.75 Å². The predicted octanol–water partition coefficient (Wildman–Crippen LogP) is 3.84. The van der Waals surface area contributed by atoms with Crippen LogP contribution in [0.2, 0.25) is 5.02 Å². The number of ether oxygens (including phenoxy) is 2. The molecule has 0 aliphatic carbocycles. The first-order chi connectivity index (χ1) is 16.7. The summed E-state index contributed by atoms with van der Waals surface area (Å²) in [6.45, 7) is 5.59. The number of esters is 1. The Hall–Kier alpha value is -3.59. The van der Waals surface area contributed by atoms with Crippen molar-refractivity contribution in [3.63, 3.8) is 0 Å². The number of methoxy groups -OCH3 is 1. The van der Waals surface area contributed by atoms with Crippen molar-refractivity contribution in [1.29, 1.82) is 0 Å². The lowest BCUT2D eigenvalue weighted by Crippen LogP contribution is -2.44. The molecule has 1 N–H and O–H groups in total. The first-order valence-electron chi connectivity index (χ1n) is 11.3. The van der Waals surface area contributed by atoms with Crippen LogP contribution in [0.3, 0.4) is 0 Å². The summed E-state index contributed by atoms with van der Waals surface area (Å²) in [5.41, 5.74) is 0.0375. The molecule has 186 valence electrons. The van der Waals surface area contributed by atoms with E-state index in [1.807, 2.05) is 13.8 Å². The van der Waals surface area contributed by atoms with Crippen LogP contribution in [0.1, 0.15) is 32.8 Å². The number of carbonyl (C=O) groups excluding carboxylic acids is 1. The first-order valence-corrected chi connectivity index (χ1v) is 11.7. The Balaban J connectivity index is 1.99. The smallest absolute Gasteiger partial charge is 0.354 e. The van der Waals surface area contributed by atoms with E-state index in [0.29, 0.717) is 16.5 Å². The highest BCUT2D eigenvalue weighted by atomic mass is 35.5. The summed E-state index contributed by atoms with van der Waals surface area (Å²) in [6.07, 6.45) is 0.964. The van der Waals surface area contributed by atoms with Crippen LogP contribution in [0, 0.1) is 5.92 Å². The summed E-state index contributed by atoms with van der Waals surface area (Å²) in [6, 6.07) is 14.2. The fourth-order valence-electron chi connectivity index (χ4n) is 3.31. The molecule has 0 unspecified atom stereocenters. The SMILES string of the molecule is CC[C@H](C)Oc1ccc(Nc2nc(=O)n(C[C@H](C)C(=O)OC)c(=O)n2Cc2ccc(Cl)cc2)cc1. The van der Waals surface area contributed by atoms with Crippen LogP contribution in [0.15, 0.2) is 58.1 Å². The summed E-state index contributed by atoms with van der Waals surface area (Å²) in [5.74, 6) is -0.438. The second kappa shape index (κ2) is 11.7. The number of nitrogens with zero attached hydrogens (tertiary/aromatic N) is 3. The average molecular weight is 501 g/mol. The zero-order valence-electron chi connectivity index (χ0n) is 20.2. The monoisotopic (exact) mass is 500 g/mol. The normalized spacial score (nSPS) is 12.6. The first kappa shape index (κ1) is 26.0. The quantitative estimate of drug-likeness (QED) is 0.422.